The summed E-state index contributed by atoms with van der Waals surface area (Å²) in [5.41, 5.74) is 18.1. The Balaban J connectivity index is 1.20. The molecular weight excluding hydrogens is 1020 g/mol. The van der Waals surface area contributed by atoms with Gasteiger partial charge in [0.05, 0.1) is 16.7 Å². The minimum absolute atomic E-state index is 0.00151. The molecule has 5 heteroatoms. The van der Waals surface area contributed by atoms with Crippen LogP contribution in [0, 0.1) is 0 Å². The Morgan fingerprint density at radius 2 is 0.795 bits per heavy atom. The highest BCUT2D eigenvalue weighted by molar-refractivity contribution is 7.20. The third-order valence-electron chi connectivity index (χ3n) is 18.3. The van der Waals surface area contributed by atoms with Crippen molar-refractivity contribution in [2.24, 2.45) is 0 Å². The molecule has 0 atom stereocenters. The first-order valence-electron chi connectivity index (χ1n) is 30.4. The van der Waals surface area contributed by atoms with E-state index < -0.39 is 8.07 Å². The lowest BCUT2D eigenvalue weighted by Crippen LogP contribution is -2.75. The van der Waals surface area contributed by atoms with Gasteiger partial charge in [-0.1, -0.05) is 258 Å². The molecule has 0 spiro atoms. The van der Waals surface area contributed by atoms with E-state index in [0.29, 0.717) is 0 Å². The summed E-state index contributed by atoms with van der Waals surface area (Å²) in [6.45, 7) is 42.4. The van der Waals surface area contributed by atoms with E-state index in [1.54, 1.807) is 0 Å². The van der Waals surface area contributed by atoms with Gasteiger partial charge < -0.3 is 14.2 Å². The Hall–Kier alpha value is -7.34. The Labute approximate surface area is 497 Å². The van der Waals surface area contributed by atoms with Crippen LogP contribution in [0.3, 0.4) is 0 Å². The average Bonchev–Trinajstić information content (AvgIpc) is 1.11. The Kier molecular flexibility index (Phi) is 13.1. The Morgan fingerprint density at radius 1 is 0.349 bits per heavy atom. The van der Waals surface area contributed by atoms with E-state index in [0.717, 1.165) is 17.2 Å². The molecule has 3 heterocycles. The number of fused-ring (bicyclic) bond motifs is 7. The lowest BCUT2D eigenvalue weighted by Gasteiger charge is -2.45. The number of nitrogens with zero attached hydrogens (tertiary/aromatic N) is 2. The maximum atomic E-state index is 7.63. The Bertz CT molecular complexity index is 3960. The predicted molar refractivity (Wildman–Crippen MR) is 362 cm³/mol. The Morgan fingerprint density at radius 3 is 1.24 bits per heavy atom. The molecule has 0 saturated heterocycles. The molecule has 2 aliphatic heterocycles. The van der Waals surface area contributed by atoms with Crippen molar-refractivity contribution in [3.63, 3.8) is 0 Å². The molecule has 0 N–H and O–H groups in total. The largest absolute Gasteiger partial charge is 0.458 e. The fourth-order valence-electron chi connectivity index (χ4n) is 13.5. The van der Waals surface area contributed by atoms with Gasteiger partial charge in [0.25, 0.3) is 6.71 Å². The van der Waals surface area contributed by atoms with Crippen molar-refractivity contribution in [1.82, 2.24) is 4.57 Å². The van der Waals surface area contributed by atoms with Crippen LogP contribution in [0.2, 0.25) is 0 Å². The van der Waals surface area contributed by atoms with Crippen LogP contribution in [0.15, 0.2) is 188 Å². The highest BCUT2D eigenvalue weighted by Crippen LogP contribution is 2.51. The van der Waals surface area contributed by atoms with Crippen molar-refractivity contribution < 1.29 is 4.74 Å². The van der Waals surface area contributed by atoms with Crippen LogP contribution in [0.5, 0.6) is 11.5 Å². The number of benzene rings is 9. The quantitative estimate of drug-likeness (QED) is 0.122. The molecule has 0 aliphatic carbocycles. The van der Waals surface area contributed by atoms with Gasteiger partial charge in [-0.3, -0.25) is 0 Å². The molecule has 10 aromatic rings. The van der Waals surface area contributed by atoms with Crippen LogP contribution < -0.4 is 46.8 Å². The van der Waals surface area contributed by atoms with Crippen LogP contribution in [-0.2, 0) is 32.5 Å². The van der Waals surface area contributed by atoms with Crippen LogP contribution in [0.4, 0.5) is 17.1 Å². The number of rotatable bonds is 6. The average molecular weight is 1110 g/mol. The second kappa shape index (κ2) is 19.4. The number of ether oxygens (including phenoxy) is 1. The lowest BCUT2D eigenvalue weighted by atomic mass is 9.34. The summed E-state index contributed by atoms with van der Waals surface area (Å²) >= 11 is 0. The molecule has 0 saturated carbocycles. The molecule has 2 aliphatic rings. The van der Waals surface area contributed by atoms with Gasteiger partial charge in [-0.15, -0.1) is 0 Å². The first-order valence-corrected chi connectivity index (χ1v) is 32.4. The normalized spacial score (nSPS) is 14.0. The monoisotopic (exact) mass is 1100 g/mol. The third kappa shape index (κ3) is 9.41. The molecule has 1 aromatic heterocycles. The lowest BCUT2D eigenvalue weighted by molar-refractivity contribution is 0.483. The van der Waals surface area contributed by atoms with Crippen LogP contribution >= 0.6 is 0 Å². The van der Waals surface area contributed by atoms with E-state index in [-0.39, 0.29) is 39.2 Å². The number of anilines is 3. The molecule has 3 nitrogen and oxygen atoms in total. The standard InChI is InChI=1S/C78H85BN2OSi/c1-73(2,3)50-34-40-65-59(42-50)60-43-51(74(4,5)6)35-41-66(60)80(65)54-36-38-64-69(48-54)82-70-47-53(76(10,11)12)46-68-71(70)79(64)63-39-37-58(83(55-28-22-19-23-29-55,56-30-24-20-25-31-56)57-32-26-21-27-33-57)49-67(63)81(68)72-61(77(13,14)15)44-52(75(7,8)9)45-62(72)78(16,17)18/h19-49H,1-18H3. The molecule has 12 rings (SSSR count). The molecule has 0 unspecified atom stereocenters. The number of aromatic nitrogens is 1. The summed E-state index contributed by atoms with van der Waals surface area (Å²) in [6.07, 6.45) is 0. The van der Waals surface area contributed by atoms with Crippen LogP contribution in [0.1, 0.15) is 158 Å². The van der Waals surface area contributed by atoms with Gasteiger partial charge in [-0.2, -0.15) is 0 Å². The summed E-state index contributed by atoms with van der Waals surface area (Å²) in [4.78, 5) is 2.73. The molecule has 0 radical (unpaired) electrons. The maximum absolute atomic E-state index is 7.63. The van der Waals surface area contributed by atoms with Crippen LogP contribution in [-0.4, -0.2) is 19.4 Å². The molecule has 83 heavy (non-hydrogen) atoms. The van der Waals surface area contributed by atoms with Crippen molar-refractivity contribution in [2.45, 2.75) is 157 Å². The highest BCUT2D eigenvalue weighted by atomic mass is 28.3. The van der Waals surface area contributed by atoms with Gasteiger partial charge in [0, 0.05) is 33.9 Å². The summed E-state index contributed by atoms with van der Waals surface area (Å²) in [5.74, 6) is 1.83. The minimum atomic E-state index is -3.02. The van der Waals surface area contributed by atoms with Gasteiger partial charge >= 0.3 is 0 Å². The number of hydrogen-bond acceptors (Lipinski definition) is 2. The topological polar surface area (TPSA) is 17.4 Å². The van der Waals surface area contributed by atoms with Crippen molar-refractivity contribution >= 4 is 90.8 Å². The van der Waals surface area contributed by atoms with Gasteiger partial charge in [0.1, 0.15) is 11.5 Å². The molecular formula is C78H85BN2OSi. The highest BCUT2D eigenvalue weighted by Gasteiger charge is 2.48. The second-order valence-electron chi connectivity index (χ2n) is 30.3. The van der Waals surface area contributed by atoms with Crippen molar-refractivity contribution in [2.75, 3.05) is 4.90 Å². The van der Waals surface area contributed by atoms with E-state index in [1.807, 2.05) is 0 Å². The third-order valence-corrected chi connectivity index (χ3v) is 23.0. The number of hydrogen-bond donors (Lipinski definition) is 0. The van der Waals surface area contributed by atoms with E-state index in [1.165, 1.54) is 109 Å². The van der Waals surface area contributed by atoms with Gasteiger partial charge in [-0.25, -0.2) is 0 Å². The summed E-state index contributed by atoms with van der Waals surface area (Å²) in [6, 6.07) is 73.3. The molecule has 9 aromatic carbocycles. The van der Waals surface area contributed by atoms with Gasteiger partial charge in [0.2, 0.25) is 0 Å². The zero-order valence-electron chi connectivity index (χ0n) is 52.8. The van der Waals surface area contributed by atoms with Crippen molar-refractivity contribution in [1.29, 1.82) is 0 Å². The van der Waals surface area contributed by atoms with E-state index >= 15 is 0 Å². The minimum Gasteiger partial charge on any atom is -0.458 e. The smallest absolute Gasteiger partial charge is 0.256 e. The second-order valence-corrected chi connectivity index (χ2v) is 34.2. The fourth-order valence-corrected chi connectivity index (χ4v) is 18.3. The molecule has 0 amide bonds. The summed E-state index contributed by atoms with van der Waals surface area (Å²) in [5, 5.41) is 7.97. The predicted octanol–water partition coefficient (Wildman–Crippen LogP) is 16.4. The van der Waals surface area contributed by atoms with Gasteiger partial charge in [0.15, 0.2) is 8.07 Å². The molecule has 0 fully saturated rings. The van der Waals surface area contributed by atoms with Crippen molar-refractivity contribution in [3.8, 4) is 17.2 Å². The van der Waals surface area contributed by atoms with E-state index in [2.05, 4.69) is 322 Å². The first-order chi connectivity index (χ1) is 39.0. The van der Waals surface area contributed by atoms with E-state index in [9.17, 15) is 0 Å². The van der Waals surface area contributed by atoms with E-state index in [4.69, 9.17) is 4.74 Å². The molecule has 420 valence electrons. The summed E-state index contributed by atoms with van der Waals surface area (Å²) < 4.78 is 10.1. The van der Waals surface area contributed by atoms with Gasteiger partial charge in [-0.05, 0) is 152 Å². The first kappa shape index (κ1) is 56.2. The molecule has 0 bridgehead atoms. The maximum Gasteiger partial charge on any atom is 0.256 e. The SMILES string of the molecule is CC(C)(C)c1cc2c3c(c1)N(c1c(C(C)(C)C)cc(C(C)(C)C)cc1C(C)(C)C)c1cc([Si](c4ccccc4)(c4ccccc4)c4ccccc4)ccc1B3c1ccc(-n3c4ccc(C(C)(C)C)cc4c4cc(C(C)(C)C)ccc43)cc1O2. The van der Waals surface area contributed by atoms with Crippen molar-refractivity contribution in [3.05, 3.63) is 221 Å². The zero-order valence-corrected chi connectivity index (χ0v) is 53.8. The van der Waals surface area contributed by atoms with Crippen LogP contribution in [0.25, 0.3) is 27.5 Å². The zero-order chi connectivity index (χ0) is 59.1. The fraction of sp³-hybridized carbons (Fsp3) is 0.308. The summed E-state index contributed by atoms with van der Waals surface area (Å²) in [7, 11) is -3.02.